The molecule has 0 spiro atoms. The lowest BCUT2D eigenvalue weighted by Crippen LogP contribution is -2.36. The normalized spacial score (nSPS) is 21.7. The molecule has 7 heteroatoms. The number of imidazole rings is 1. The number of pyridine rings is 1. The number of hydrogen-bond acceptors (Lipinski definition) is 5. The lowest BCUT2D eigenvalue weighted by Gasteiger charge is -2.35. The molecule has 1 aliphatic rings. The van der Waals surface area contributed by atoms with E-state index in [1.165, 1.54) is 0 Å². The molecular weight excluding hydrogens is 340 g/mol. The van der Waals surface area contributed by atoms with Crippen LogP contribution in [0.15, 0.2) is 18.5 Å². The number of aliphatic hydroxyl groups is 1. The van der Waals surface area contributed by atoms with Crippen molar-refractivity contribution in [2.75, 3.05) is 13.6 Å². The number of aliphatic hydroxyl groups excluding tert-OH is 1. The van der Waals surface area contributed by atoms with E-state index in [9.17, 15) is 5.11 Å². The Morgan fingerprint density at radius 1 is 1.41 bits per heavy atom. The van der Waals surface area contributed by atoms with Crippen LogP contribution in [-0.2, 0) is 0 Å². The van der Waals surface area contributed by atoms with Crippen LogP contribution >= 0.6 is 0 Å². The van der Waals surface area contributed by atoms with E-state index in [0.717, 1.165) is 60.1 Å². The van der Waals surface area contributed by atoms with Gasteiger partial charge in [0.15, 0.2) is 0 Å². The molecule has 0 saturated heterocycles. The summed E-state index contributed by atoms with van der Waals surface area (Å²) < 4.78 is 2.25. The van der Waals surface area contributed by atoms with Crippen molar-refractivity contribution in [3.8, 4) is 6.07 Å². The number of rotatable bonds is 5. The van der Waals surface area contributed by atoms with Crippen LogP contribution in [0.5, 0.6) is 0 Å². The minimum absolute atomic E-state index is 0.320. The topological polar surface area (TPSA) is 93.8 Å². The number of fused-ring (bicyclic) bond motifs is 3. The molecule has 2 N–H and O–H groups in total. The molecule has 1 atom stereocenters. The average Bonchev–Trinajstić information content (AvgIpc) is 3.30. The Morgan fingerprint density at radius 2 is 2.19 bits per heavy atom. The number of nitrogens with zero attached hydrogens (tertiary/aromatic N) is 5. The molecule has 1 saturated carbocycles. The molecule has 7 nitrogen and oxygen atoms in total. The summed E-state index contributed by atoms with van der Waals surface area (Å²) >= 11 is 0. The third kappa shape index (κ3) is 3.20. The van der Waals surface area contributed by atoms with Gasteiger partial charge in [-0.15, -0.1) is 0 Å². The minimum Gasteiger partial charge on any atom is -0.385 e. The van der Waals surface area contributed by atoms with E-state index >= 15 is 0 Å². The summed E-state index contributed by atoms with van der Waals surface area (Å²) in [4.78, 5) is 14.6. The Labute approximate surface area is 158 Å². The van der Waals surface area contributed by atoms with Crippen molar-refractivity contribution in [3.63, 3.8) is 0 Å². The van der Waals surface area contributed by atoms with Crippen LogP contribution in [0.3, 0.4) is 0 Å². The molecule has 0 radical (unpaired) electrons. The second-order valence-corrected chi connectivity index (χ2v) is 7.60. The Hall–Kier alpha value is -2.43. The number of aromatic nitrogens is 4. The molecule has 4 rings (SSSR count). The van der Waals surface area contributed by atoms with Crippen molar-refractivity contribution in [1.29, 1.82) is 5.26 Å². The summed E-state index contributed by atoms with van der Waals surface area (Å²) in [6, 6.07) is 5.11. The maximum atomic E-state index is 10.3. The first kappa shape index (κ1) is 18.0. The van der Waals surface area contributed by atoms with Gasteiger partial charge in [0.25, 0.3) is 0 Å². The first-order valence-corrected chi connectivity index (χ1v) is 9.69. The van der Waals surface area contributed by atoms with Crippen LogP contribution in [0, 0.1) is 11.3 Å². The fraction of sp³-hybridized carbons (Fsp3) is 0.550. The van der Waals surface area contributed by atoms with Crippen LogP contribution in [0.2, 0.25) is 0 Å². The summed E-state index contributed by atoms with van der Waals surface area (Å²) in [6.07, 6.45) is 7.91. The van der Waals surface area contributed by atoms with Gasteiger partial charge >= 0.3 is 0 Å². The van der Waals surface area contributed by atoms with Crippen LogP contribution in [0.25, 0.3) is 22.1 Å². The average molecular weight is 366 g/mol. The summed E-state index contributed by atoms with van der Waals surface area (Å²) in [5.41, 5.74) is 2.76. The highest BCUT2D eigenvalue weighted by Gasteiger charge is 2.29. The Kier molecular flexibility index (Phi) is 4.85. The van der Waals surface area contributed by atoms with Crippen molar-refractivity contribution in [1.82, 2.24) is 24.4 Å². The largest absolute Gasteiger partial charge is 0.385 e. The van der Waals surface area contributed by atoms with E-state index in [1.807, 2.05) is 12.3 Å². The van der Waals surface area contributed by atoms with E-state index in [4.69, 9.17) is 10.2 Å². The molecule has 3 heterocycles. The van der Waals surface area contributed by atoms with Gasteiger partial charge in [-0.25, -0.2) is 9.97 Å². The monoisotopic (exact) mass is 366 g/mol. The highest BCUT2D eigenvalue weighted by molar-refractivity contribution is 6.01. The van der Waals surface area contributed by atoms with Gasteiger partial charge in [-0.1, -0.05) is 0 Å². The molecule has 0 aliphatic heterocycles. The number of nitrogens with one attached hydrogen (secondary N) is 1. The molecular formula is C20H26N6O. The summed E-state index contributed by atoms with van der Waals surface area (Å²) in [5.74, 6) is 0.724. The van der Waals surface area contributed by atoms with E-state index in [0.29, 0.717) is 18.5 Å². The fourth-order valence-electron chi connectivity index (χ4n) is 4.44. The van der Waals surface area contributed by atoms with Gasteiger partial charge in [0.1, 0.15) is 23.1 Å². The first-order chi connectivity index (χ1) is 13.1. The molecule has 27 heavy (non-hydrogen) atoms. The van der Waals surface area contributed by atoms with Gasteiger partial charge in [0.05, 0.1) is 17.8 Å². The SMILES string of the molecule is CC(O)c1nc2cnc3[nH]ccc3c2n1C1CCC(N(C)CCC#N)CC1. The van der Waals surface area contributed by atoms with Crippen molar-refractivity contribution >= 4 is 22.1 Å². The van der Waals surface area contributed by atoms with Crippen molar-refractivity contribution in [2.45, 2.75) is 57.2 Å². The molecule has 3 aromatic heterocycles. The summed E-state index contributed by atoms with van der Waals surface area (Å²) in [5, 5.41) is 20.2. The van der Waals surface area contributed by atoms with Gasteiger partial charge < -0.3 is 19.6 Å². The molecule has 0 bridgehead atoms. The molecule has 0 aromatic carbocycles. The smallest absolute Gasteiger partial charge is 0.139 e. The second-order valence-electron chi connectivity index (χ2n) is 7.60. The lowest BCUT2D eigenvalue weighted by atomic mass is 9.89. The van der Waals surface area contributed by atoms with E-state index in [2.05, 4.69) is 32.6 Å². The standard InChI is InChI=1S/C20H26N6O/c1-13(27)20-24-17-12-23-19-16(8-10-22-19)18(17)26(20)15-6-4-14(5-7-15)25(2)11-3-9-21/h8,10,12-15,27H,3-7,11H2,1-2H3,(H,22,23). The first-order valence-electron chi connectivity index (χ1n) is 9.69. The highest BCUT2D eigenvalue weighted by Crippen LogP contribution is 2.37. The van der Waals surface area contributed by atoms with Crippen LogP contribution in [0.1, 0.15) is 57.0 Å². The summed E-state index contributed by atoms with van der Waals surface area (Å²) in [7, 11) is 2.12. The molecule has 1 aliphatic carbocycles. The summed E-state index contributed by atoms with van der Waals surface area (Å²) in [6.45, 7) is 2.61. The molecule has 142 valence electrons. The fourth-order valence-corrected chi connectivity index (χ4v) is 4.44. The van der Waals surface area contributed by atoms with Gasteiger partial charge in [0, 0.05) is 36.6 Å². The van der Waals surface area contributed by atoms with Gasteiger partial charge in [-0.05, 0) is 45.7 Å². The van der Waals surface area contributed by atoms with Crippen molar-refractivity contribution in [3.05, 3.63) is 24.3 Å². The zero-order chi connectivity index (χ0) is 19.0. The van der Waals surface area contributed by atoms with Gasteiger partial charge in [-0.3, -0.25) is 0 Å². The maximum Gasteiger partial charge on any atom is 0.139 e. The Morgan fingerprint density at radius 3 is 2.89 bits per heavy atom. The van der Waals surface area contributed by atoms with Gasteiger partial charge in [-0.2, -0.15) is 5.26 Å². The second kappa shape index (κ2) is 7.29. The van der Waals surface area contributed by atoms with Crippen LogP contribution in [0.4, 0.5) is 0 Å². The van der Waals surface area contributed by atoms with Crippen molar-refractivity contribution in [2.24, 2.45) is 0 Å². The number of hydrogen-bond donors (Lipinski definition) is 2. The molecule has 1 fully saturated rings. The molecule has 1 unspecified atom stereocenters. The zero-order valence-electron chi connectivity index (χ0n) is 15.9. The van der Waals surface area contributed by atoms with Crippen molar-refractivity contribution < 1.29 is 5.11 Å². The highest BCUT2D eigenvalue weighted by atomic mass is 16.3. The van der Waals surface area contributed by atoms with E-state index < -0.39 is 6.10 Å². The molecule has 3 aromatic rings. The van der Waals surface area contributed by atoms with Gasteiger partial charge in [0.2, 0.25) is 0 Å². The third-order valence-corrected chi connectivity index (χ3v) is 5.87. The zero-order valence-corrected chi connectivity index (χ0v) is 15.9. The predicted octanol–water partition coefficient (Wildman–Crippen LogP) is 3.30. The predicted molar refractivity (Wildman–Crippen MR) is 104 cm³/mol. The molecule has 0 amide bonds. The third-order valence-electron chi connectivity index (χ3n) is 5.87. The maximum absolute atomic E-state index is 10.3. The Bertz CT molecular complexity index is 974. The lowest BCUT2D eigenvalue weighted by molar-refractivity contribution is 0.155. The van der Waals surface area contributed by atoms with Crippen LogP contribution in [-0.4, -0.2) is 49.2 Å². The van der Waals surface area contributed by atoms with E-state index in [1.54, 1.807) is 13.1 Å². The van der Waals surface area contributed by atoms with Crippen LogP contribution < -0.4 is 0 Å². The number of nitriles is 1. The quantitative estimate of drug-likeness (QED) is 0.722. The number of H-pyrrole nitrogens is 1. The minimum atomic E-state index is -0.623. The van der Waals surface area contributed by atoms with E-state index in [-0.39, 0.29) is 0 Å². The Balaban J connectivity index is 1.66. The number of aromatic amines is 1.